The summed E-state index contributed by atoms with van der Waals surface area (Å²) in [5.41, 5.74) is 3.60. The molecule has 1 fully saturated rings. The Morgan fingerprint density at radius 2 is 2.06 bits per heavy atom. The van der Waals surface area contributed by atoms with Crippen LogP contribution in [0.5, 0.6) is 0 Å². The molecule has 5 rings (SSSR count). The number of pyridine rings is 2. The molecule has 1 atom stereocenters. The number of hydrogen-bond donors (Lipinski definition) is 2. The van der Waals surface area contributed by atoms with Gasteiger partial charge in [0.1, 0.15) is 17.6 Å². The molecule has 0 spiro atoms. The van der Waals surface area contributed by atoms with Gasteiger partial charge in [-0.05, 0) is 25.1 Å². The summed E-state index contributed by atoms with van der Waals surface area (Å²) in [6, 6.07) is 5.66. The van der Waals surface area contributed by atoms with Crippen LogP contribution in [0, 0.1) is 0 Å². The molecule has 1 aliphatic heterocycles. The topological polar surface area (TPSA) is 87.5 Å². The van der Waals surface area contributed by atoms with Crippen molar-refractivity contribution >= 4 is 16.7 Å². The minimum absolute atomic E-state index is 0.184. The predicted octanol–water partition coefficient (Wildman–Crippen LogP) is 3.24. The summed E-state index contributed by atoms with van der Waals surface area (Å²) in [7, 11) is 0. The van der Waals surface area contributed by atoms with Gasteiger partial charge < -0.3 is 10.2 Å². The van der Waals surface area contributed by atoms with E-state index in [0.29, 0.717) is 23.8 Å². The molecule has 0 amide bonds. The zero-order chi connectivity index (χ0) is 22.3. The van der Waals surface area contributed by atoms with Gasteiger partial charge in [0, 0.05) is 43.3 Å². The lowest BCUT2D eigenvalue weighted by atomic mass is 10.1. The molecule has 0 radical (unpaired) electrons. The van der Waals surface area contributed by atoms with E-state index in [1.54, 1.807) is 35.5 Å². The fourth-order valence-electron chi connectivity index (χ4n) is 3.85. The second kappa shape index (κ2) is 7.90. The van der Waals surface area contributed by atoms with Gasteiger partial charge in [0.25, 0.3) is 0 Å². The van der Waals surface area contributed by atoms with Gasteiger partial charge >= 0.3 is 6.18 Å². The zero-order valence-electron chi connectivity index (χ0n) is 17.3. The number of alkyl halides is 3. The maximum Gasteiger partial charge on any atom is 0.405 e. The van der Waals surface area contributed by atoms with Crippen LogP contribution in [-0.4, -0.2) is 61.8 Å². The highest BCUT2D eigenvalue weighted by Gasteiger charge is 2.42. The fraction of sp³-hybridized carbons (Fsp3) is 0.333. The minimum Gasteiger partial charge on any atom is -0.353 e. The summed E-state index contributed by atoms with van der Waals surface area (Å²) in [4.78, 5) is 10.8. The Morgan fingerprint density at radius 1 is 1.19 bits per heavy atom. The first-order chi connectivity index (χ1) is 15.4. The van der Waals surface area contributed by atoms with E-state index in [2.05, 4.69) is 30.6 Å². The van der Waals surface area contributed by atoms with Crippen LogP contribution in [0.3, 0.4) is 0 Å². The molecule has 4 aromatic rings. The average molecular weight is 442 g/mol. The standard InChI is InChI=1S/C21H21F3N8/c1-2-32-11-13(9-27-32)16-8-14-17(10-26-16)29-30-20(14)15-4-3-5-19(28-15)31-7-6-25-18(12-31)21(22,23)24/h3-5,8-11,18,25H,2,6-7,12H2,1H3,(H,29,30). The van der Waals surface area contributed by atoms with E-state index in [-0.39, 0.29) is 13.1 Å². The Morgan fingerprint density at radius 3 is 2.84 bits per heavy atom. The lowest BCUT2D eigenvalue weighted by molar-refractivity contribution is -0.155. The normalized spacial score (nSPS) is 17.2. The SMILES string of the molecule is CCn1cc(-c2cc3c(-c4cccc(N5CCNC(C(F)(F)F)C5)n4)n[nH]c3cn2)cn1. The summed E-state index contributed by atoms with van der Waals surface area (Å²) in [6.45, 7) is 3.27. The van der Waals surface area contributed by atoms with Crippen LogP contribution in [0.1, 0.15) is 6.92 Å². The Balaban J connectivity index is 1.48. The summed E-state index contributed by atoms with van der Waals surface area (Å²) < 4.78 is 41.3. The number of anilines is 1. The van der Waals surface area contributed by atoms with Crippen LogP contribution in [0.25, 0.3) is 33.5 Å². The number of H-pyrrole nitrogens is 1. The molecule has 32 heavy (non-hydrogen) atoms. The second-order valence-electron chi connectivity index (χ2n) is 7.65. The third-order valence-corrected chi connectivity index (χ3v) is 5.57. The first kappa shape index (κ1) is 20.4. The summed E-state index contributed by atoms with van der Waals surface area (Å²) >= 11 is 0. The van der Waals surface area contributed by atoms with Gasteiger partial charge in [-0.2, -0.15) is 23.4 Å². The maximum absolute atomic E-state index is 13.2. The number of rotatable bonds is 4. The number of nitrogens with one attached hydrogen (secondary N) is 2. The van der Waals surface area contributed by atoms with Crippen LogP contribution in [-0.2, 0) is 6.54 Å². The lowest BCUT2D eigenvalue weighted by Gasteiger charge is -2.35. The van der Waals surface area contributed by atoms with E-state index in [4.69, 9.17) is 0 Å². The number of halogens is 3. The third kappa shape index (κ3) is 3.79. The van der Waals surface area contributed by atoms with Crippen molar-refractivity contribution in [1.82, 2.24) is 35.3 Å². The van der Waals surface area contributed by atoms with Gasteiger partial charge in [-0.3, -0.25) is 14.8 Å². The molecule has 11 heteroatoms. The van der Waals surface area contributed by atoms with Crippen molar-refractivity contribution < 1.29 is 13.2 Å². The fourth-order valence-corrected chi connectivity index (χ4v) is 3.85. The van der Waals surface area contributed by atoms with Crippen LogP contribution >= 0.6 is 0 Å². The van der Waals surface area contributed by atoms with Crippen molar-refractivity contribution in [3.05, 3.63) is 42.9 Å². The van der Waals surface area contributed by atoms with Crippen LogP contribution in [0.4, 0.5) is 19.0 Å². The van der Waals surface area contributed by atoms with Gasteiger partial charge in [0.05, 0.1) is 29.3 Å². The molecular weight excluding hydrogens is 421 g/mol. The van der Waals surface area contributed by atoms with E-state index in [0.717, 1.165) is 28.7 Å². The number of nitrogens with zero attached hydrogens (tertiary/aromatic N) is 6. The van der Waals surface area contributed by atoms with E-state index in [1.807, 2.05) is 23.9 Å². The first-order valence-corrected chi connectivity index (χ1v) is 10.3. The molecule has 0 saturated carbocycles. The van der Waals surface area contributed by atoms with E-state index < -0.39 is 12.2 Å². The van der Waals surface area contributed by atoms with Crippen LogP contribution < -0.4 is 10.2 Å². The average Bonchev–Trinajstić information content (AvgIpc) is 3.45. The first-order valence-electron chi connectivity index (χ1n) is 10.3. The Labute approximate surface area is 181 Å². The zero-order valence-corrected chi connectivity index (χ0v) is 17.3. The molecule has 1 aliphatic rings. The van der Waals surface area contributed by atoms with Crippen molar-refractivity contribution in [1.29, 1.82) is 0 Å². The molecule has 0 aromatic carbocycles. The van der Waals surface area contributed by atoms with Gasteiger partial charge in [-0.15, -0.1) is 0 Å². The summed E-state index contributed by atoms with van der Waals surface area (Å²) in [5, 5.41) is 15.0. The molecule has 1 saturated heterocycles. The smallest absolute Gasteiger partial charge is 0.353 e. The third-order valence-electron chi connectivity index (χ3n) is 5.57. The largest absolute Gasteiger partial charge is 0.405 e. The summed E-state index contributed by atoms with van der Waals surface area (Å²) in [5.74, 6) is 0.493. The molecule has 0 bridgehead atoms. The highest BCUT2D eigenvalue weighted by molar-refractivity contribution is 5.93. The maximum atomic E-state index is 13.2. The molecule has 1 unspecified atom stereocenters. The van der Waals surface area contributed by atoms with E-state index >= 15 is 0 Å². The van der Waals surface area contributed by atoms with Crippen molar-refractivity contribution in [2.75, 3.05) is 24.5 Å². The van der Waals surface area contributed by atoms with Gasteiger partial charge in [-0.1, -0.05) is 6.07 Å². The Bertz CT molecular complexity index is 1250. The molecular formula is C21H21F3N8. The van der Waals surface area contributed by atoms with Gasteiger partial charge in [0.15, 0.2) is 0 Å². The molecule has 166 valence electrons. The quantitative estimate of drug-likeness (QED) is 0.505. The number of piperazine rings is 1. The van der Waals surface area contributed by atoms with E-state index in [9.17, 15) is 13.2 Å². The van der Waals surface area contributed by atoms with Crippen LogP contribution in [0.2, 0.25) is 0 Å². The Hall–Kier alpha value is -3.47. The number of aromatic nitrogens is 6. The summed E-state index contributed by atoms with van der Waals surface area (Å²) in [6.07, 6.45) is 1.09. The highest BCUT2D eigenvalue weighted by atomic mass is 19.4. The second-order valence-corrected chi connectivity index (χ2v) is 7.65. The number of aromatic amines is 1. The predicted molar refractivity (Wildman–Crippen MR) is 114 cm³/mol. The minimum atomic E-state index is -4.30. The molecule has 8 nitrogen and oxygen atoms in total. The molecule has 5 heterocycles. The Kier molecular flexibility index (Phi) is 5.04. The van der Waals surface area contributed by atoms with Crippen LogP contribution in [0.15, 0.2) is 42.9 Å². The lowest BCUT2D eigenvalue weighted by Crippen LogP contribution is -2.57. The van der Waals surface area contributed by atoms with Crippen molar-refractivity contribution in [3.63, 3.8) is 0 Å². The molecule has 4 aromatic heterocycles. The highest BCUT2D eigenvalue weighted by Crippen LogP contribution is 2.30. The van der Waals surface area contributed by atoms with Gasteiger partial charge in [0.2, 0.25) is 0 Å². The van der Waals surface area contributed by atoms with E-state index in [1.165, 1.54) is 0 Å². The molecule has 0 aliphatic carbocycles. The van der Waals surface area contributed by atoms with Crippen molar-refractivity contribution in [3.8, 4) is 22.6 Å². The monoisotopic (exact) mass is 442 g/mol. The number of aryl methyl sites for hydroxylation is 1. The van der Waals surface area contributed by atoms with Crippen molar-refractivity contribution in [2.24, 2.45) is 0 Å². The molecule has 2 N–H and O–H groups in total. The van der Waals surface area contributed by atoms with Gasteiger partial charge in [-0.25, -0.2) is 4.98 Å². The number of hydrogen-bond acceptors (Lipinski definition) is 6. The van der Waals surface area contributed by atoms with Crippen molar-refractivity contribution in [2.45, 2.75) is 25.7 Å². The number of fused-ring (bicyclic) bond motifs is 1.